The van der Waals surface area contributed by atoms with Crippen molar-refractivity contribution in [3.05, 3.63) is 86.4 Å². The van der Waals surface area contributed by atoms with Crippen molar-refractivity contribution in [3.63, 3.8) is 0 Å². The summed E-state index contributed by atoms with van der Waals surface area (Å²) >= 11 is 5.97. The van der Waals surface area contributed by atoms with Gasteiger partial charge >= 0.3 is 18.0 Å². The Bertz CT molecular complexity index is 1410. The van der Waals surface area contributed by atoms with E-state index < -0.39 is 30.6 Å². The number of carbonyl (C=O) groups is 3. The van der Waals surface area contributed by atoms with Crippen LogP contribution < -0.4 is 16.2 Å². The summed E-state index contributed by atoms with van der Waals surface area (Å²) in [5.74, 6) is -1.51. The van der Waals surface area contributed by atoms with E-state index in [1.54, 1.807) is 55.5 Å². The van der Waals surface area contributed by atoms with Crippen LogP contribution in [0.25, 0.3) is 10.8 Å². The first-order chi connectivity index (χ1) is 16.8. The largest absolute Gasteiger partial charge is 0.463 e. The van der Waals surface area contributed by atoms with Crippen LogP contribution in [0.15, 0.2) is 64.6 Å². The zero-order valence-electron chi connectivity index (χ0n) is 18.8. The number of ether oxygens (including phenoxy) is 2. The molecule has 3 aromatic rings. The summed E-state index contributed by atoms with van der Waals surface area (Å²) in [4.78, 5) is 50.5. The zero-order chi connectivity index (χ0) is 25.1. The van der Waals surface area contributed by atoms with Crippen LogP contribution in [0.4, 0.5) is 4.79 Å². The summed E-state index contributed by atoms with van der Waals surface area (Å²) in [5, 5.41) is 10.4. The number of fused-ring (bicyclic) bond motifs is 1. The number of benzene rings is 2. The van der Waals surface area contributed by atoms with Crippen molar-refractivity contribution < 1.29 is 23.9 Å². The first-order valence-electron chi connectivity index (χ1n) is 10.7. The number of aromatic nitrogens is 2. The molecule has 4 rings (SSSR count). The van der Waals surface area contributed by atoms with Crippen molar-refractivity contribution in [2.45, 2.75) is 13.0 Å². The molecule has 2 heterocycles. The van der Waals surface area contributed by atoms with Crippen LogP contribution in [-0.4, -0.2) is 41.0 Å². The molecular formula is C24H21ClN4O6. The minimum Gasteiger partial charge on any atom is -0.463 e. The average Bonchev–Trinajstić information content (AvgIpc) is 2.85. The molecule has 1 atom stereocenters. The lowest BCUT2D eigenvalue weighted by Crippen LogP contribution is -2.47. The molecule has 1 aliphatic heterocycles. The fourth-order valence-corrected chi connectivity index (χ4v) is 3.87. The third-order valence-corrected chi connectivity index (χ3v) is 5.60. The Morgan fingerprint density at radius 1 is 1.03 bits per heavy atom. The Kier molecular flexibility index (Phi) is 6.83. The van der Waals surface area contributed by atoms with Crippen molar-refractivity contribution in [2.24, 2.45) is 7.05 Å². The van der Waals surface area contributed by atoms with Crippen molar-refractivity contribution in [3.8, 4) is 0 Å². The molecule has 0 saturated heterocycles. The van der Waals surface area contributed by atoms with Crippen LogP contribution in [0.2, 0.25) is 5.02 Å². The third kappa shape index (κ3) is 4.87. The number of hydrogen-bond donors (Lipinski definition) is 2. The number of nitrogens with zero attached hydrogens (tertiary/aromatic N) is 2. The third-order valence-electron chi connectivity index (χ3n) is 5.35. The van der Waals surface area contributed by atoms with Gasteiger partial charge in [-0.05, 0) is 30.7 Å². The van der Waals surface area contributed by atoms with Gasteiger partial charge in [0.1, 0.15) is 6.61 Å². The normalized spacial score (nSPS) is 15.4. The number of halogens is 1. The Balaban J connectivity index is 1.70. The average molecular weight is 497 g/mol. The second-order valence-corrected chi connectivity index (χ2v) is 8.03. The van der Waals surface area contributed by atoms with Crippen molar-refractivity contribution in [1.29, 1.82) is 0 Å². The molecule has 0 saturated carbocycles. The van der Waals surface area contributed by atoms with Gasteiger partial charge in [0.05, 0.1) is 29.3 Å². The first kappa shape index (κ1) is 24.0. The predicted octanol–water partition coefficient (Wildman–Crippen LogP) is 2.62. The molecule has 2 N–H and O–H groups in total. The molecule has 10 nitrogen and oxygen atoms in total. The molecule has 2 aromatic carbocycles. The molecule has 1 aliphatic rings. The summed E-state index contributed by atoms with van der Waals surface area (Å²) in [6, 6.07) is 11.7. The topological polar surface area (TPSA) is 129 Å². The molecule has 11 heteroatoms. The van der Waals surface area contributed by atoms with Crippen molar-refractivity contribution in [2.75, 3.05) is 13.2 Å². The molecule has 35 heavy (non-hydrogen) atoms. The van der Waals surface area contributed by atoms with Crippen LogP contribution >= 0.6 is 11.6 Å². The molecule has 0 fully saturated rings. The number of nitrogens with one attached hydrogen (secondary N) is 2. The number of carbonyl (C=O) groups excluding carboxylic acids is 3. The van der Waals surface area contributed by atoms with Gasteiger partial charge in [-0.2, -0.15) is 5.10 Å². The number of urea groups is 1. The van der Waals surface area contributed by atoms with Gasteiger partial charge in [-0.15, -0.1) is 0 Å². The summed E-state index contributed by atoms with van der Waals surface area (Å²) in [6.07, 6.45) is 0. The molecule has 0 unspecified atom stereocenters. The van der Waals surface area contributed by atoms with Gasteiger partial charge in [0, 0.05) is 17.5 Å². The maximum atomic E-state index is 13.0. The van der Waals surface area contributed by atoms with Gasteiger partial charge in [-0.25, -0.2) is 19.1 Å². The summed E-state index contributed by atoms with van der Waals surface area (Å²) in [7, 11) is 1.43. The van der Waals surface area contributed by atoms with E-state index in [0.29, 0.717) is 21.4 Å². The van der Waals surface area contributed by atoms with E-state index in [1.165, 1.54) is 7.05 Å². The quantitative estimate of drug-likeness (QED) is 0.502. The summed E-state index contributed by atoms with van der Waals surface area (Å²) in [5.41, 5.74) is 0.299. The van der Waals surface area contributed by atoms with E-state index in [0.717, 1.165) is 4.68 Å². The molecule has 0 aliphatic carbocycles. The highest BCUT2D eigenvalue weighted by Gasteiger charge is 2.34. The van der Waals surface area contributed by atoms with Gasteiger partial charge in [0.2, 0.25) is 0 Å². The molecule has 180 valence electrons. The Morgan fingerprint density at radius 3 is 2.40 bits per heavy atom. The first-order valence-corrected chi connectivity index (χ1v) is 11.0. The van der Waals surface area contributed by atoms with E-state index in [2.05, 4.69) is 15.7 Å². The maximum absolute atomic E-state index is 13.0. The van der Waals surface area contributed by atoms with Gasteiger partial charge < -0.3 is 20.1 Å². The number of esters is 2. The molecule has 0 radical (unpaired) electrons. The van der Waals surface area contributed by atoms with Gasteiger partial charge in [0.15, 0.2) is 5.69 Å². The van der Waals surface area contributed by atoms with Crippen LogP contribution in [-0.2, 0) is 21.3 Å². The van der Waals surface area contributed by atoms with E-state index in [1.807, 2.05) is 0 Å². The number of amides is 2. The van der Waals surface area contributed by atoms with E-state index >= 15 is 0 Å². The van der Waals surface area contributed by atoms with Crippen LogP contribution in [0.3, 0.4) is 0 Å². The van der Waals surface area contributed by atoms with Crippen LogP contribution in [0.5, 0.6) is 0 Å². The Morgan fingerprint density at radius 2 is 1.71 bits per heavy atom. The fraction of sp³-hybridized carbons (Fsp3) is 0.208. The Labute approximate surface area is 204 Å². The lowest BCUT2D eigenvalue weighted by molar-refractivity contribution is -0.139. The fourth-order valence-electron chi connectivity index (χ4n) is 3.74. The number of aryl methyl sites for hydroxylation is 1. The van der Waals surface area contributed by atoms with Crippen molar-refractivity contribution >= 4 is 40.3 Å². The molecular weight excluding hydrogens is 476 g/mol. The summed E-state index contributed by atoms with van der Waals surface area (Å²) in [6.45, 7) is 1.31. The highest BCUT2D eigenvalue weighted by molar-refractivity contribution is 6.30. The van der Waals surface area contributed by atoms with Crippen LogP contribution in [0.1, 0.15) is 29.0 Å². The smallest absolute Gasteiger partial charge is 0.359 e. The second kappa shape index (κ2) is 9.98. The molecule has 2 amide bonds. The molecule has 0 spiro atoms. The Hall–Kier alpha value is -4.18. The zero-order valence-corrected chi connectivity index (χ0v) is 19.6. The second-order valence-electron chi connectivity index (χ2n) is 7.59. The van der Waals surface area contributed by atoms with E-state index in [9.17, 15) is 19.2 Å². The molecule has 1 aromatic heterocycles. The highest BCUT2D eigenvalue weighted by atomic mass is 35.5. The monoisotopic (exact) mass is 496 g/mol. The summed E-state index contributed by atoms with van der Waals surface area (Å²) < 4.78 is 11.7. The standard InChI is InChI=1S/C24H21ClN4O6/c1-3-34-22(31)18-17(26-24(33)27-19(18)13-8-10-14(25)11-9-13)12-35-23(32)20-15-6-4-5-7-16(15)21(30)29(2)28-20/h4-11,19H,3,12H2,1-2H3,(H2,26,27,33)/t19-/m1/s1. The van der Waals surface area contributed by atoms with Gasteiger partial charge in [-0.1, -0.05) is 41.9 Å². The predicted molar refractivity (Wildman–Crippen MR) is 127 cm³/mol. The van der Waals surface area contributed by atoms with Crippen molar-refractivity contribution in [1.82, 2.24) is 20.4 Å². The van der Waals surface area contributed by atoms with E-state index in [4.69, 9.17) is 21.1 Å². The minimum atomic E-state index is -0.856. The van der Waals surface area contributed by atoms with Gasteiger partial charge in [-0.3, -0.25) is 4.79 Å². The number of rotatable bonds is 6. The SMILES string of the molecule is CCOC(=O)C1=C(COC(=O)c2nn(C)c(=O)c3ccccc23)NC(=O)N[C@@H]1c1ccc(Cl)cc1. The van der Waals surface area contributed by atoms with Gasteiger partial charge in [0.25, 0.3) is 5.56 Å². The number of hydrogen-bond acceptors (Lipinski definition) is 7. The highest BCUT2D eigenvalue weighted by Crippen LogP contribution is 2.29. The lowest BCUT2D eigenvalue weighted by atomic mass is 9.95. The minimum absolute atomic E-state index is 0.0645. The van der Waals surface area contributed by atoms with Crippen LogP contribution in [0, 0.1) is 0 Å². The lowest BCUT2D eigenvalue weighted by Gasteiger charge is -2.29. The molecule has 0 bridgehead atoms. The van der Waals surface area contributed by atoms with E-state index in [-0.39, 0.29) is 29.1 Å². The maximum Gasteiger partial charge on any atom is 0.359 e.